The van der Waals surface area contributed by atoms with E-state index in [0.29, 0.717) is 6.54 Å². The molecule has 2 heterocycles. The van der Waals surface area contributed by atoms with Crippen molar-refractivity contribution < 1.29 is 9.52 Å². The highest BCUT2D eigenvalue weighted by Gasteiger charge is 2.32. The first-order valence-corrected chi connectivity index (χ1v) is 8.10. The number of hydrogen-bond donors (Lipinski definition) is 2. The molecule has 3 rings (SSSR count). The van der Waals surface area contributed by atoms with Gasteiger partial charge in [0, 0.05) is 11.4 Å². The molecule has 2 N–H and O–H groups in total. The van der Waals surface area contributed by atoms with Crippen LogP contribution in [0, 0.1) is 0 Å². The number of halogens is 1. The molecule has 3 nitrogen and oxygen atoms in total. The lowest BCUT2D eigenvalue weighted by atomic mass is 10.0. The summed E-state index contributed by atoms with van der Waals surface area (Å²) < 4.78 is 6.29. The number of furan rings is 1. The molecule has 1 aliphatic rings. The Balaban J connectivity index is 1.76. The Morgan fingerprint density at radius 1 is 1.35 bits per heavy atom. The summed E-state index contributed by atoms with van der Waals surface area (Å²) in [5, 5.41) is 13.9. The Morgan fingerprint density at radius 3 is 2.75 bits per heavy atom. The van der Waals surface area contributed by atoms with E-state index in [1.54, 1.807) is 6.26 Å². The van der Waals surface area contributed by atoms with Crippen molar-refractivity contribution in [3.05, 3.63) is 45.5 Å². The van der Waals surface area contributed by atoms with Crippen LogP contribution in [0.3, 0.4) is 0 Å². The zero-order valence-corrected chi connectivity index (χ0v) is 12.7. The second kappa shape index (κ2) is 5.90. The number of rotatable bonds is 5. The van der Waals surface area contributed by atoms with E-state index in [9.17, 15) is 5.11 Å². The zero-order chi connectivity index (χ0) is 14.0. The SMILES string of the molecule is OC1(CNC(c2ccco2)c2ccc(Cl)s2)CCCC1. The summed E-state index contributed by atoms with van der Waals surface area (Å²) in [6, 6.07) is 7.68. The van der Waals surface area contributed by atoms with Crippen LogP contribution < -0.4 is 5.32 Å². The van der Waals surface area contributed by atoms with Crippen molar-refractivity contribution in [3.8, 4) is 0 Å². The van der Waals surface area contributed by atoms with E-state index in [0.717, 1.165) is 40.7 Å². The third-order valence-corrected chi connectivity index (χ3v) is 5.17. The average molecular weight is 312 g/mol. The minimum absolute atomic E-state index is 0.0490. The van der Waals surface area contributed by atoms with Gasteiger partial charge in [0.25, 0.3) is 0 Å². The fourth-order valence-electron chi connectivity index (χ4n) is 2.78. The van der Waals surface area contributed by atoms with E-state index in [1.165, 1.54) is 11.3 Å². The van der Waals surface area contributed by atoms with E-state index in [-0.39, 0.29) is 6.04 Å². The topological polar surface area (TPSA) is 45.4 Å². The maximum atomic E-state index is 10.5. The lowest BCUT2D eigenvalue weighted by molar-refractivity contribution is 0.0455. The third kappa shape index (κ3) is 3.09. The summed E-state index contributed by atoms with van der Waals surface area (Å²) in [5.74, 6) is 0.852. The Bertz CT molecular complexity index is 546. The van der Waals surface area contributed by atoms with Crippen molar-refractivity contribution in [3.63, 3.8) is 0 Å². The number of hydrogen-bond acceptors (Lipinski definition) is 4. The Kier molecular flexibility index (Phi) is 4.17. The van der Waals surface area contributed by atoms with Gasteiger partial charge in [0.1, 0.15) is 11.8 Å². The van der Waals surface area contributed by atoms with Crippen LogP contribution in [0.15, 0.2) is 34.9 Å². The predicted octanol–water partition coefficient (Wildman–Crippen LogP) is 3.98. The molecule has 108 valence electrons. The first kappa shape index (κ1) is 14.1. The van der Waals surface area contributed by atoms with Crippen LogP contribution in [-0.4, -0.2) is 17.3 Å². The molecular weight excluding hydrogens is 294 g/mol. The molecule has 1 unspecified atom stereocenters. The minimum Gasteiger partial charge on any atom is -0.467 e. The lowest BCUT2D eigenvalue weighted by Crippen LogP contribution is -2.39. The molecule has 5 heteroatoms. The van der Waals surface area contributed by atoms with Crippen LogP contribution in [0.2, 0.25) is 4.34 Å². The van der Waals surface area contributed by atoms with Crippen molar-refractivity contribution in [2.75, 3.05) is 6.54 Å². The highest BCUT2D eigenvalue weighted by atomic mass is 35.5. The van der Waals surface area contributed by atoms with E-state index >= 15 is 0 Å². The summed E-state index contributed by atoms with van der Waals surface area (Å²) in [4.78, 5) is 1.10. The normalized spacial score (nSPS) is 19.3. The largest absolute Gasteiger partial charge is 0.467 e. The van der Waals surface area contributed by atoms with Crippen molar-refractivity contribution >= 4 is 22.9 Å². The van der Waals surface area contributed by atoms with Crippen molar-refractivity contribution in [1.29, 1.82) is 0 Å². The van der Waals surface area contributed by atoms with Gasteiger partial charge in [0.15, 0.2) is 0 Å². The van der Waals surface area contributed by atoms with Crippen LogP contribution in [0.1, 0.15) is 42.4 Å². The van der Waals surface area contributed by atoms with Crippen LogP contribution in [-0.2, 0) is 0 Å². The van der Waals surface area contributed by atoms with Crippen LogP contribution in [0.4, 0.5) is 0 Å². The van der Waals surface area contributed by atoms with Gasteiger partial charge in [-0.2, -0.15) is 0 Å². The summed E-state index contributed by atoms with van der Waals surface area (Å²) in [6.45, 7) is 0.577. The molecule has 0 amide bonds. The summed E-state index contributed by atoms with van der Waals surface area (Å²) in [7, 11) is 0. The van der Waals surface area contributed by atoms with Crippen LogP contribution in [0.25, 0.3) is 0 Å². The van der Waals surface area contributed by atoms with Crippen molar-refractivity contribution in [2.45, 2.75) is 37.3 Å². The van der Waals surface area contributed by atoms with Crippen LogP contribution >= 0.6 is 22.9 Å². The molecule has 1 saturated carbocycles. The average Bonchev–Trinajstić information content (AvgIpc) is 3.13. The molecule has 1 aliphatic carbocycles. The summed E-state index contributed by atoms with van der Waals surface area (Å²) in [6.07, 6.45) is 5.62. The van der Waals surface area contributed by atoms with Gasteiger partial charge in [-0.05, 0) is 37.1 Å². The van der Waals surface area contributed by atoms with Gasteiger partial charge in [-0.1, -0.05) is 24.4 Å². The maximum absolute atomic E-state index is 10.5. The molecule has 1 atom stereocenters. The Morgan fingerprint density at radius 2 is 2.15 bits per heavy atom. The number of aliphatic hydroxyl groups is 1. The molecule has 1 fully saturated rings. The van der Waals surface area contributed by atoms with Gasteiger partial charge in [-0.3, -0.25) is 0 Å². The fraction of sp³-hybridized carbons (Fsp3) is 0.467. The molecule has 2 aromatic heterocycles. The predicted molar refractivity (Wildman–Crippen MR) is 81.3 cm³/mol. The van der Waals surface area contributed by atoms with Gasteiger partial charge in [0.2, 0.25) is 0 Å². The van der Waals surface area contributed by atoms with Gasteiger partial charge in [-0.25, -0.2) is 0 Å². The molecule has 0 aliphatic heterocycles. The molecule has 0 spiro atoms. The fourth-order valence-corrected chi connectivity index (χ4v) is 3.93. The molecule has 20 heavy (non-hydrogen) atoms. The highest BCUT2D eigenvalue weighted by molar-refractivity contribution is 7.16. The molecule has 0 radical (unpaired) electrons. The molecule has 0 bridgehead atoms. The van der Waals surface area contributed by atoms with Gasteiger partial charge < -0.3 is 14.8 Å². The van der Waals surface area contributed by atoms with E-state index < -0.39 is 5.60 Å². The van der Waals surface area contributed by atoms with E-state index in [4.69, 9.17) is 16.0 Å². The molecule has 2 aromatic rings. The molecule has 0 aromatic carbocycles. The second-order valence-electron chi connectivity index (χ2n) is 5.40. The van der Waals surface area contributed by atoms with E-state index in [2.05, 4.69) is 5.32 Å². The summed E-state index contributed by atoms with van der Waals surface area (Å²) >= 11 is 7.57. The van der Waals surface area contributed by atoms with Gasteiger partial charge in [0.05, 0.1) is 16.2 Å². The lowest BCUT2D eigenvalue weighted by Gasteiger charge is -2.25. The first-order valence-electron chi connectivity index (χ1n) is 6.91. The molecule has 0 saturated heterocycles. The number of nitrogens with one attached hydrogen (secondary N) is 1. The first-order chi connectivity index (χ1) is 9.66. The Hall–Kier alpha value is -0.810. The summed E-state index contributed by atoms with van der Waals surface area (Å²) in [5.41, 5.74) is -0.577. The maximum Gasteiger partial charge on any atom is 0.126 e. The van der Waals surface area contributed by atoms with Crippen LogP contribution in [0.5, 0.6) is 0 Å². The van der Waals surface area contributed by atoms with Gasteiger partial charge >= 0.3 is 0 Å². The molecular formula is C15H18ClNO2S. The standard InChI is InChI=1S/C15H18ClNO2S/c16-13-6-5-12(20-13)14(11-4-3-9-19-11)17-10-15(18)7-1-2-8-15/h3-6,9,14,17-18H,1-2,7-8,10H2. The third-order valence-electron chi connectivity index (χ3n) is 3.88. The highest BCUT2D eigenvalue weighted by Crippen LogP contribution is 2.33. The minimum atomic E-state index is -0.577. The Labute approximate surface area is 127 Å². The van der Waals surface area contributed by atoms with Crippen molar-refractivity contribution in [2.24, 2.45) is 0 Å². The smallest absolute Gasteiger partial charge is 0.126 e. The van der Waals surface area contributed by atoms with Crippen molar-refractivity contribution in [1.82, 2.24) is 5.32 Å². The quantitative estimate of drug-likeness (QED) is 0.878. The monoisotopic (exact) mass is 311 g/mol. The van der Waals surface area contributed by atoms with Gasteiger partial charge in [-0.15, -0.1) is 11.3 Å². The number of thiophene rings is 1. The van der Waals surface area contributed by atoms with E-state index in [1.807, 2.05) is 24.3 Å². The zero-order valence-electron chi connectivity index (χ0n) is 11.1. The second-order valence-corrected chi connectivity index (χ2v) is 7.15.